The van der Waals surface area contributed by atoms with Crippen LogP contribution in [0.5, 0.6) is 5.88 Å². The predicted octanol–water partition coefficient (Wildman–Crippen LogP) is 4.61. The molecule has 3 aromatic rings. The molecule has 4 nitrogen and oxygen atoms in total. The lowest BCUT2D eigenvalue weighted by molar-refractivity contribution is 0.294. The Kier molecular flexibility index (Phi) is 4.65. The van der Waals surface area contributed by atoms with Crippen molar-refractivity contribution in [3.8, 4) is 17.1 Å². The molecule has 2 heterocycles. The topological polar surface area (TPSA) is 61.0 Å². The molecule has 0 saturated carbocycles. The minimum atomic E-state index is 0.312. The van der Waals surface area contributed by atoms with Crippen LogP contribution in [0, 0.1) is 0 Å². The highest BCUT2D eigenvalue weighted by Crippen LogP contribution is 2.23. The van der Waals surface area contributed by atoms with Gasteiger partial charge in [-0.1, -0.05) is 35.3 Å². The second-order valence-electron chi connectivity index (χ2n) is 4.86. The van der Waals surface area contributed by atoms with E-state index in [1.807, 2.05) is 24.3 Å². The lowest BCUT2D eigenvalue weighted by Crippen LogP contribution is -1.99. The first-order chi connectivity index (χ1) is 11.1. The summed E-state index contributed by atoms with van der Waals surface area (Å²) >= 11 is 12.0. The third-order valence-electron chi connectivity index (χ3n) is 3.20. The van der Waals surface area contributed by atoms with E-state index in [1.165, 1.54) is 0 Å². The highest BCUT2D eigenvalue weighted by Gasteiger charge is 2.05. The molecule has 0 unspecified atom stereocenters. The molecule has 0 aliphatic carbocycles. The van der Waals surface area contributed by atoms with Crippen LogP contribution in [0.15, 0.2) is 54.7 Å². The molecule has 0 aliphatic rings. The number of aromatic nitrogens is 2. The van der Waals surface area contributed by atoms with E-state index < -0.39 is 0 Å². The molecule has 6 heteroatoms. The van der Waals surface area contributed by atoms with Crippen molar-refractivity contribution in [1.82, 2.24) is 9.97 Å². The van der Waals surface area contributed by atoms with Gasteiger partial charge in [-0.3, -0.25) is 0 Å². The van der Waals surface area contributed by atoms with Crippen molar-refractivity contribution in [2.75, 3.05) is 5.73 Å². The number of anilines is 1. The summed E-state index contributed by atoms with van der Waals surface area (Å²) in [7, 11) is 0. The number of hydrogen-bond acceptors (Lipinski definition) is 4. The van der Waals surface area contributed by atoms with Gasteiger partial charge < -0.3 is 10.5 Å². The van der Waals surface area contributed by atoms with Gasteiger partial charge in [-0.25, -0.2) is 9.97 Å². The van der Waals surface area contributed by atoms with Crippen molar-refractivity contribution in [2.24, 2.45) is 0 Å². The summed E-state index contributed by atoms with van der Waals surface area (Å²) in [6, 6.07) is 14.4. The standard InChI is InChI=1S/C17H13Cl2N3O/c18-13-6-4-12(14(19)8-13)10-23-17-3-1-2-15(22-17)11-5-7-16(20)21-9-11/h1-9H,10H2,(H2,20,21). The predicted molar refractivity (Wildman–Crippen MR) is 92.7 cm³/mol. The van der Waals surface area contributed by atoms with E-state index in [2.05, 4.69) is 9.97 Å². The average molecular weight is 346 g/mol. The van der Waals surface area contributed by atoms with Crippen LogP contribution in [-0.4, -0.2) is 9.97 Å². The van der Waals surface area contributed by atoms with Gasteiger partial charge in [-0.2, -0.15) is 0 Å². The van der Waals surface area contributed by atoms with Gasteiger partial charge in [0.2, 0.25) is 5.88 Å². The normalized spacial score (nSPS) is 10.5. The molecule has 3 rings (SSSR count). The number of pyridine rings is 2. The zero-order chi connectivity index (χ0) is 16.2. The number of hydrogen-bond donors (Lipinski definition) is 1. The maximum absolute atomic E-state index is 6.13. The van der Waals surface area contributed by atoms with Crippen molar-refractivity contribution in [3.63, 3.8) is 0 Å². The van der Waals surface area contributed by atoms with E-state index in [-0.39, 0.29) is 0 Å². The van der Waals surface area contributed by atoms with Crippen molar-refractivity contribution in [1.29, 1.82) is 0 Å². The van der Waals surface area contributed by atoms with E-state index in [4.69, 9.17) is 33.7 Å². The number of halogens is 2. The highest BCUT2D eigenvalue weighted by atomic mass is 35.5. The van der Waals surface area contributed by atoms with E-state index in [0.29, 0.717) is 28.3 Å². The first kappa shape index (κ1) is 15.6. The smallest absolute Gasteiger partial charge is 0.214 e. The Morgan fingerprint density at radius 2 is 1.91 bits per heavy atom. The second kappa shape index (κ2) is 6.86. The summed E-state index contributed by atoms with van der Waals surface area (Å²) < 4.78 is 5.71. The molecule has 116 valence electrons. The average Bonchev–Trinajstić information content (AvgIpc) is 2.55. The summed E-state index contributed by atoms with van der Waals surface area (Å²) in [4.78, 5) is 8.53. The molecule has 0 spiro atoms. The zero-order valence-corrected chi connectivity index (χ0v) is 13.6. The minimum absolute atomic E-state index is 0.312. The molecule has 0 amide bonds. The summed E-state index contributed by atoms with van der Waals surface area (Å²) in [6.07, 6.45) is 1.68. The maximum Gasteiger partial charge on any atom is 0.214 e. The Labute approximate surface area is 143 Å². The second-order valence-corrected chi connectivity index (χ2v) is 5.70. The Hall–Kier alpha value is -2.30. The fraction of sp³-hybridized carbons (Fsp3) is 0.0588. The first-order valence-corrected chi connectivity index (χ1v) is 7.63. The van der Waals surface area contributed by atoms with Crippen LogP contribution in [0.25, 0.3) is 11.3 Å². The largest absolute Gasteiger partial charge is 0.473 e. The van der Waals surface area contributed by atoms with Gasteiger partial charge in [0.15, 0.2) is 0 Å². The van der Waals surface area contributed by atoms with Crippen molar-refractivity contribution >= 4 is 29.0 Å². The van der Waals surface area contributed by atoms with Gasteiger partial charge in [0.25, 0.3) is 0 Å². The van der Waals surface area contributed by atoms with Crippen LogP contribution in [0.2, 0.25) is 10.0 Å². The number of nitrogens with two attached hydrogens (primary N) is 1. The molecule has 1 aromatic carbocycles. The van der Waals surface area contributed by atoms with Crippen molar-refractivity contribution in [2.45, 2.75) is 6.61 Å². The number of nitrogen functional groups attached to an aromatic ring is 1. The van der Waals surface area contributed by atoms with E-state index in [1.54, 1.807) is 30.5 Å². The molecule has 0 bridgehead atoms. The van der Waals surface area contributed by atoms with E-state index in [9.17, 15) is 0 Å². The van der Waals surface area contributed by atoms with Gasteiger partial charge in [0.1, 0.15) is 12.4 Å². The molecular weight excluding hydrogens is 333 g/mol. The monoisotopic (exact) mass is 345 g/mol. The van der Waals surface area contributed by atoms with Crippen LogP contribution >= 0.6 is 23.2 Å². The van der Waals surface area contributed by atoms with E-state index in [0.717, 1.165) is 16.8 Å². The molecule has 0 aliphatic heterocycles. The van der Waals surface area contributed by atoms with Gasteiger partial charge in [0, 0.05) is 33.4 Å². The fourth-order valence-electron chi connectivity index (χ4n) is 2.00. The lowest BCUT2D eigenvalue weighted by atomic mass is 10.2. The minimum Gasteiger partial charge on any atom is -0.473 e. The summed E-state index contributed by atoms with van der Waals surface area (Å²) in [6.45, 7) is 0.312. The summed E-state index contributed by atoms with van der Waals surface area (Å²) in [5, 5.41) is 1.16. The van der Waals surface area contributed by atoms with Gasteiger partial charge in [0.05, 0.1) is 5.69 Å². The third-order valence-corrected chi connectivity index (χ3v) is 3.78. The Bertz CT molecular complexity index is 822. The van der Waals surface area contributed by atoms with Gasteiger partial charge in [-0.15, -0.1) is 0 Å². The molecule has 0 radical (unpaired) electrons. The zero-order valence-electron chi connectivity index (χ0n) is 12.0. The van der Waals surface area contributed by atoms with Gasteiger partial charge in [-0.05, 0) is 30.3 Å². The molecule has 2 aromatic heterocycles. The first-order valence-electron chi connectivity index (χ1n) is 6.87. The number of nitrogens with zero attached hydrogens (tertiary/aromatic N) is 2. The molecule has 2 N–H and O–H groups in total. The SMILES string of the molecule is Nc1ccc(-c2cccc(OCc3ccc(Cl)cc3Cl)n2)cn1. The maximum atomic E-state index is 6.13. The number of benzene rings is 1. The molecule has 0 atom stereocenters. The number of ether oxygens (including phenoxy) is 1. The van der Waals surface area contributed by atoms with Crippen LogP contribution < -0.4 is 10.5 Å². The van der Waals surface area contributed by atoms with E-state index >= 15 is 0 Å². The number of rotatable bonds is 4. The lowest BCUT2D eigenvalue weighted by Gasteiger charge is -2.09. The van der Waals surface area contributed by atoms with Crippen LogP contribution in [0.1, 0.15) is 5.56 Å². The highest BCUT2D eigenvalue weighted by molar-refractivity contribution is 6.35. The summed E-state index contributed by atoms with van der Waals surface area (Å²) in [5.41, 5.74) is 8.07. The van der Waals surface area contributed by atoms with Crippen LogP contribution in [0.3, 0.4) is 0 Å². The molecule has 0 saturated heterocycles. The van der Waals surface area contributed by atoms with Crippen molar-refractivity contribution in [3.05, 3.63) is 70.3 Å². The quantitative estimate of drug-likeness (QED) is 0.749. The van der Waals surface area contributed by atoms with Gasteiger partial charge >= 0.3 is 0 Å². The Morgan fingerprint density at radius 1 is 1.04 bits per heavy atom. The Balaban J connectivity index is 1.76. The molecular formula is C17H13Cl2N3O. The summed E-state index contributed by atoms with van der Waals surface area (Å²) in [5.74, 6) is 0.976. The fourth-order valence-corrected chi connectivity index (χ4v) is 2.47. The van der Waals surface area contributed by atoms with Crippen LogP contribution in [0.4, 0.5) is 5.82 Å². The molecule has 0 fully saturated rings. The van der Waals surface area contributed by atoms with Crippen LogP contribution in [-0.2, 0) is 6.61 Å². The Morgan fingerprint density at radius 3 is 2.65 bits per heavy atom. The van der Waals surface area contributed by atoms with Crippen molar-refractivity contribution < 1.29 is 4.74 Å². The third kappa shape index (κ3) is 3.92. The molecule has 23 heavy (non-hydrogen) atoms.